The third-order valence-corrected chi connectivity index (χ3v) is 5.45. The Morgan fingerprint density at radius 2 is 1.81 bits per heavy atom. The van der Waals surface area contributed by atoms with E-state index < -0.39 is 22.8 Å². The SMILES string of the molecule is Nc1nnc(-c2ccc(-n3cc(C(=O)O)c(=O)n(Cc4cccc(Cl)c4Cl)c3=O)cc2)o1. The van der Waals surface area contributed by atoms with Crippen molar-refractivity contribution in [3.8, 4) is 17.1 Å². The second kappa shape index (κ2) is 8.33. The molecule has 4 aromatic rings. The summed E-state index contributed by atoms with van der Waals surface area (Å²) >= 11 is 12.2. The number of halogens is 2. The first-order valence-corrected chi connectivity index (χ1v) is 9.74. The van der Waals surface area contributed by atoms with Gasteiger partial charge in [-0.2, -0.15) is 0 Å². The van der Waals surface area contributed by atoms with E-state index in [0.29, 0.717) is 16.8 Å². The van der Waals surface area contributed by atoms with Crippen molar-refractivity contribution in [2.24, 2.45) is 0 Å². The van der Waals surface area contributed by atoms with E-state index in [-0.39, 0.29) is 28.5 Å². The van der Waals surface area contributed by atoms with Gasteiger partial charge in [-0.25, -0.2) is 9.59 Å². The number of carbonyl (C=O) groups is 1. The molecule has 12 heteroatoms. The Labute approximate surface area is 189 Å². The summed E-state index contributed by atoms with van der Waals surface area (Å²) < 4.78 is 6.99. The lowest BCUT2D eigenvalue weighted by Gasteiger charge is -2.13. The standard InChI is InChI=1S/C20H13Cl2N5O5/c21-14-3-1-2-11(15(14)22)8-27-17(28)13(18(29)30)9-26(20(27)31)12-6-4-10(5-7-12)16-24-25-19(23)32-16/h1-7,9H,8H2,(H2,23,25)(H,29,30). The van der Waals surface area contributed by atoms with Crippen LogP contribution in [-0.2, 0) is 6.54 Å². The molecule has 2 heterocycles. The summed E-state index contributed by atoms with van der Waals surface area (Å²) in [6, 6.07) is 10.9. The molecule has 0 aliphatic heterocycles. The van der Waals surface area contributed by atoms with Gasteiger partial charge in [0.2, 0.25) is 5.89 Å². The minimum Gasteiger partial charge on any atom is -0.477 e. The number of aromatic nitrogens is 4. The molecule has 32 heavy (non-hydrogen) atoms. The van der Waals surface area contributed by atoms with Crippen LogP contribution in [0.5, 0.6) is 0 Å². The summed E-state index contributed by atoms with van der Waals surface area (Å²) in [6.45, 7) is -0.266. The summed E-state index contributed by atoms with van der Waals surface area (Å²) in [5.74, 6) is -1.30. The Balaban J connectivity index is 1.84. The van der Waals surface area contributed by atoms with E-state index in [1.807, 2.05) is 0 Å². The lowest BCUT2D eigenvalue weighted by Crippen LogP contribution is -2.42. The largest absolute Gasteiger partial charge is 0.477 e. The normalized spacial score (nSPS) is 10.9. The van der Waals surface area contributed by atoms with Crippen LogP contribution in [0, 0.1) is 0 Å². The molecule has 2 aromatic carbocycles. The zero-order chi connectivity index (χ0) is 23.0. The average molecular weight is 474 g/mol. The van der Waals surface area contributed by atoms with Crippen LogP contribution in [0.25, 0.3) is 17.1 Å². The van der Waals surface area contributed by atoms with Gasteiger partial charge in [0.05, 0.1) is 22.3 Å². The Hall–Kier alpha value is -3.89. The van der Waals surface area contributed by atoms with Crippen LogP contribution in [0.15, 0.2) is 62.7 Å². The zero-order valence-electron chi connectivity index (χ0n) is 16.0. The number of benzene rings is 2. The molecule has 2 aromatic heterocycles. The molecule has 4 rings (SSSR count). The third kappa shape index (κ3) is 3.88. The van der Waals surface area contributed by atoms with E-state index in [0.717, 1.165) is 15.3 Å². The molecule has 0 atom stereocenters. The minimum atomic E-state index is -1.48. The summed E-state index contributed by atoms with van der Waals surface area (Å²) in [5, 5.41) is 17.2. The highest BCUT2D eigenvalue weighted by Gasteiger charge is 2.19. The minimum absolute atomic E-state index is 0.0989. The van der Waals surface area contributed by atoms with Gasteiger partial charge in [-0.1, -0.05) is 40.4 Å². The van der Waals surface area contributed by atoms with Crippen molar-refractivity contribution in [3.63, 3.8) is 0 Å². The number of hydrogen-bond acceptors (Lipinski definition) is 7. The molecule has 0 radical (unpaired) electrons. The summed E-state index contributed by atoms with van der Waals surface area (Å²) in [4.78, 5) is 37.5. The molecule has 0 aliphatic rings. The van der Waals surface area contributed by atoms with Gasteiger partial charge in [0, 0.05) is 11.8 Å². The predicted octanol–water partition coefficient (Wildman–Crippen LogP) is 2.68. The molecular weight excluding hydrogens is 461 g/mol. The average Bonchev–Trinajstić information content (AvgIpc) is 3.20. The van der Waals surface area contributed by atoms with Gasteiger partial charge in [-0.05, 0) is 35.9 Å². The topological polar surface area (TPSA) is 146 Å². The smallest absolute Gasteiger partial charge is 0.342 e. The highest BCUT2D eigenvalue weighted by Crippen LogP contribution is 2.26. The van der Waals surface area contributed by atoms with Crippen molar-refractivity contribution in [1.82, 2.24) is 19.3 Å². The maximum Gasteiger partial charge on any atom is 0.342 e. The monoisotopic (exact) mass is 473 g/mol. The van der Waals surface area contributed by atoms with E-state index >= 15 is 0 Å². The van der Waals surface area contributed by atoms with Crippen LogP contribution in [-0.4, -0.2) is 30.4 Å². The number of carboxylic acid groups (broad SMARTS) is 1. The highest BCUT2D eigenvalue weighted by atomic mass is 35.5. The fourth-order valence-corrected chi connectivity index (χ4v) is 3.41. The van der Waals surface area contributed by atoms with E-state index in [4.69, 9.17) is 33.4 Å². The van der Waals surface area contributed by atoms with Crippen molar-refractivity contribution < 1.29 is 14.3 Å². The second-order valence-corrected chi connectivity index (χ2v) is 7.38. The van der Waals surface area contributed by atoms with Crippen LogP contribution in [0.1, 0.15) is 15.9 Å². The number of nitrogens with zero attached hydrogens (tertiary/aromatic N) is 4. The molecule has 0 unspecified atom stereocenters. The Kier molecular flexibility index (Phi) is 5.56. The van der Waals surface area contributed by atoms with Crippen LogP contribution < -0.4 is 17.0 Å². The van der Waals surface area contributed by atoms with Gasteiger partial charge in [0.1, 0.15) is 5.56 Å². The number of rotatable bonds is 5. The molecule has 0 amide bonds. The first kappa shape index (κ1) is 21.3. The van der Waals surface area contributed by atoms with Gasteiger partial charge in [-0.3, -0.25) is 13.9 Å². The number of aromatic carboxylic acids is 1. The Morgan fingerprint density at radius 3 is 2.44 bits per heavy atom. The van der Waals surface area contributed by atoms with Gasteiger partial charge >= 0.3 is 17.7 Å². The number of nitrogen functional groups attached to an aromatic ring is 1. The lowest BCUT2D eigenvalue weighted by molar-refractivity contribution is 0.0693. The summed E-state index contributed by atoms with van der Waals surface area (Å²) in [5.41, 5.74) is 4.34. The van der Waals surface area contributed by atoms with Crippen LogP contribution in [0.4, 0.5) is 6.01 Å². The zero-order valence-corrected chi connectivity index (χ0v) is 17.5. The molecule has 3 N–H and O–H groups in total. The molecule has 0 aliphatic carbocycles. The highest BCUT2D eigenvalue weighted by molar-refractivity contribution is 6.42. The van der Waals surface area contributed by atoms with Gasteiger partial charge in [0.15, 0.2) is 0 Å². The van der Waals surface area contributed by atoms with E-state index in [9.17, 15) is 19.5 Å². The maximum atomic E-state index is 13.1. The molecule has 0 spiro atoms. The molecule has 0 saturated carbocycles. The third-order valence-electron chi connectivity index (χ3n) is 4.59. The summed E-state index contributed by atoms with van der Waals surface area (Å²) in [7, 11) is 0. The summed E-state index contributed by atoms with van der Waals surface area (Å²) in [6.07, 6.45) is 0.975. The van der Waals surface area contributed by atoms with E-state index in [2.05, 4.69) is 10.2 Å². The van der Waals surface area contributed by atoms with E-state index in [1.165, 1.54) is 12.1 Å². The number of hydrogen-bond donors (Lipinski definition) is 2. The fraction of sp³-hybridized carbons (Fsp3) is 0.0500. The van der Waals surface area contributed by atoms with Crippen molar-refractivity contribution in [2.45, 2.75) is 6.54 Å². The van der Waals surface area contributed by atoms with Gasteiger partial charge < -0.3 is 15.3 Å². The molecule has 0 fully saturated rings. The van der Waals surface area contributed by atoms with Gasteiger partial charge in [-0.15, -0.1) is 5.10 Å². The van der Waals surface area contributed by atoms with Gasteiger partial charge in [0.25, 0.3) is 5.56 Å². The molecule has 162 valence electrons. The Bertz CT molecular complexity index is 1460. The molecule has 0 saturated heterocycles. The molecule has 0 bridgehead atoms. The quantitative estimate of drug-likeness (QED) is 0.449. The van der Waals surface area contributed by atoms with Crippen LogP contribution in [0.2, 0.25) is 10.0 Å². The van der Waals surface area contributed by atoms with Crippen LogP contribution in [0.3, 0.4) is 0 Å². The van der Waals surface area contributed by atoms with Crippen molar-refractivity contribution in [2.75, 3.05) is 5.73 Å². The first-order chi connectivity index (χ1) is 15.3. The Morgan fingerprint density at radius 1 is 1.09 bits per heavy atom. The number of carboxylic acids is 1. The second-order valence-electron chi connectivity index (χ2n) is 6.60. The van der Waals surface area contributed by atoms with Crippen molar-refractivity contribution in [1.29, 1.82) is 0 Å². The van der Waals surface area contributed by atoms with Crippen LogP contribution >= 0.6 is 23.2 Å². The number of anilines is 1. The van der Waals surface area contributed by atoms with E-state index in [1.54, 1.807) is 30.3 Å². The predicted molar refractivity (Wildman–Crippen MR) is 117 cm³/mol. The molecule has 10 nitrogen and oxygen atoms in total. The van der Waals surface area contributed by atoms with Crippen molar-refractivity contribution >= 4 is 35.2 Å². The lowest BCUT2D eigenvalue weighted by atomic mass is 10.2. The number of nitrogens with two attached hydrogens (primary N) is 1. The fourth-order valence-electron chi connectivity index (χ4n) is 3.03. The molecular formula is C20H13Cl2N5O5. The van der Waals surface area contributed by atoms with Crippen molar-refractivity contribution in [3.05, 3.63) is 90.7 Å². The first-order valence-electron chi connectivity index (χ1n) is 8.98. The maximum absolute atomic E-state index is 13.1.